The zero-order chi connectivity index (χ0) is 27.4. The molecule has 1 aliphatic rings. The summed E-state index contributed by atoms with van der Waals surface area (Å²) in [6.07, 6.45) is 3.13. The Bertz CT molecular complexity index is 1350. The number of carboxylic acids is 1. The van der Waals surface area contributed by atoms with E-state index in [1.807, 2.05) is 25.1 Å². The molecule has 1 amide bonds. The minimum atomic E-state index is -1.05. The zero-order valence-electron chi connectivity index (χ0n) is 21.6. The molecule has 0 saturated carbocycles. The van der Waals surface area contributed by atoms with Gasteiger partial charge in [-0.05, 0) is 74.1 Å². The highest BCUT2D eigenvalue weighted by Crippen LogP contribution is 2.33. The highest BCUT2D eigenvalue weighted by molar-refractivity contribution is 9.10. The fourth-order valence-electron chi connectivity index (χ4n) is 5.31. The van der Waals surface area contributed by atoms with Crippen LogP contribution < -0.4 is 10.2 Å². The number of aliphatic carboxylic acids is 1. The molecular weight excluding hydrogens is 556 g/mol. The summed E-state index contributed by atoms with van der Waals surface area (Å²) in [4.78, 5) is 32.1. The summed E-state index contributed by atoms with van der Waals surface area (Å²) in [5.41, 5.74) is 1.96. The molecule has 1 fully saturated rings. The molecule has 2 N–H and O–H groups in total. The van der Waals surface area contributed by atoms with Gasteiger partial charge in [0, 0.05) is 47.4 Å². The number of anilines is 1. The van der Waals surface area contributed by atoms with Gasteiger partial charge in [0.15, 0.2) is 0 Å². The molecule has 0 bridgehead atoms. The van der Waals surface area contributed by atoms with Crippen molar-refractivity contribution in [2.24, 2.45) is 5.92 Å². The minimum absolute atomic E-state index is 0.0410. The number of hydrogen-bond acceptors (Lipinski definition) is 4. The number of carbonyl (C=O) groups excluding carboxylic acids is 1. The maximum Gasteiger partial charge on any atom is 0.303 e. The van der Waals surface area contributed by atoms with Crippen LogP contribution in [0, 0.1) is 24.5 Å². The Labute approximate surface area is 229 Å². The van der Waals surface area contributed by atoms with Crippen LogP contribution in [0.3, 0.4) is 0 Å². The second-order valence-electron chi connectivity index (χ2n) is 9.96. The number of pyridine rings is 1. The van der Waals surface area contributed by atoms with Crippen molar-refractivity contribution in [1.29, 1.82) is 0 Å². The molecule has 202 valence electrons. The van der Waals surface area contributed by atoms with Crippen molar-refractivity contribution in [2.45, 2.75) is 51.9 Å². The van der Waals surface area contributed by atoms with Gasteiger partial charge < -0.3 is 15.3 Å². The van der Waals surface area contributed by atoms with Gasteiger partial charge in [-0.3, -0.25) is 9.59 Å². The molecule has 6 nitrogen and oxygen atoms in total. The fraction of sp³-hybridized carbons (Fsp3) is 0.414. The third kappa shape index (κ3) is 6.31. The Kier molecular flexibility index (Phi) is 8.97. The van der Waals surface area contributed by atoms with Gasteiger partial charge in [0.1, 0.15) is 17.5 Å². The quantitative estimate of drug-likeness (QED) is 0.295. The lowest BCUT2D eigenvalue weighted by molar-refractivity contribution is -0.137. The maximum atomic E-state index is 14.6. The molecule has 0 radical (unpaired) electrons. The van der Waals surface area contributed by atoms with E-state index in [9.17, 15) is 23.5 Å². The number of nitrogens with zero attached hydrogens (tertiary/aromatic N) is 2. The predicted molar refractivity (Wildman–Crippen MR) is 148 cm³/mol. The van der Waals surface area contributed by atoms with Crippen LogP contribution in [-0.2, 0) is 4.79 Å². The van der Waals surface area contributed by atoms with E-state index in [1.54, 1.807) is 0 Å². The van der Waals surface area contributed by atoms with E-state index in [2.05, 4.69) is 33.1 Å². The number of hydrogen-bond donors (Lipinski definition) is 2. The molecule has 38 heavy (non-hydrogen) atoms. The van der Waals surface area contributed by atoms with Crippen molar-refractivity contribution < 1.29 is 23.5 Å². The number of benzene rings is 2. The predicted octanol–water partition coefficient (Wildman–Crippen LogP) is 6.59. The number of amides is 1. The van der Waals surface area contributed by atoms with Gasteiger partial charge >= 0.3 is 5.97 Å². The molecular formula is C29H32BrF2N3O3. The molecule has 2 atom stereocenters. The van der Waals surface area contributed by atoms with E-state index in [0.29, 0.717) is 22.4 Å². The average molecular weight is 588 g/mol. The molecule has 1 aliphatic heterocycles. The van der Waals surface area contributed by atoms with E-state index in [0.717, 1.165) is 60.0 Å². The first-order chi connectivity index (χ1) is 18.2. The second kappa shape index (κ2) is 12.2. The molecule has 9 heteroatoms. The van der Waals surface area contributed by atoms with Crippen LogP contribution in [0.25, 0.3) is 10.9 Å². The highest BCUT2D eigenvalue weighted by Gasteiger charge is 2.26. The molecule has 2 aromatic carbocycles. The first kappa shape index (κ1) is 28.0. The van der Waals surface area contributed by atoms with Gasteiger partial charge in [0.2, 0.25) is 0 Å². The molecule has 3 aromatic rings. The number of halogens is 3. The monoisotopic (exact) mass is 587 g/mol. The van der Waals surface area contributed by atoms with Crippen molar-refractivity contribution in [3.05, 3.63) is 69.2 Å². The summed E-state index contributed by atoms with van der Waals surface area (Å²) >= 11 is 3.49. The van der Waals surface area contributed by atoms with Crippen molar-refractivity contribution >= 4 is 44.5 Å². The Morgan fingerprint density at radius 1 is 1.24 bits per heavy atom. The summed E-state index contributed by atoms with van der Waals surface area (Å²) in [6, 6.07) is 8.71. The van der Waals surface area contributed by atoms with Gasteiger partial charge in [0.05, 0.1) is 11.1 Å². The summed E-state index contributed by atoms with van der Waals surface area (Å²) in [5, 5.41) is 12.8. The van der Waals surface area contributed by atoms with E-state index < -0.39 is 23.5 Å². The Morgan fingerprint density at radius 2 is 2.03 bits per heavy atom. The number of piperidine rings is 1. The molecule has 4 rings (SSSR count). The van der Waals surface area contributed by atoms with E-state index in [-0.39, 0.29) is 30.9 Å². The standard InChI is InChI=1S/C29H32BrF2N3O3/c1-3-18-5-4-12-35(16-18)28-17(2)27(23-13-20(30)7-10-25(23)34-28)29(38)33-15-19(6-11-26(36)37)22-14-21(31)8-9-24(22)32/h7-10,13-14,18-19H,3-6,11-12,15-16H2,1-2H3,(H,33,38)(H,36,37)/t18-,19-/m0/s1. The van der Waals surface area contributed by atoms with Crippen LogP contribution in [-0.4, -0.2) is 41.6 Å². The van der Waals surface area contributed by atoms with Gasteiger partial charge in [0.25, 0.3) is 5.91 Å². The van der Waals surface area contributed by atoms with Crippen molar-refractivity contribution in [2.75, 3.05) is 24.5 Å². The first-order valence-corrected chi connectivity index (χ1v) is 13.8. The lowest BCUT2D eigenvalue weighted by atomic mass is 9.93. The van der Waals surface area contributed by atoms with Gasteiger partial charge in [-0.15, -0.1) is 0 Å². The van der Waals surface area contributed by atoms with Crippen LogP contribution in [0.5, 0.6) is 0 Å². The van der Waals surface area contributed by atoms with Gasteiger partial charge in [-0.25, -0.2) is 13.8 Å². The van der Waals surface area contributed by atoms with Crippen LogP contribution >= 0.6 is 15.9 Å². The summed E-state index contributed by atoms with van der Waals surface area (Å²) in [6.45, 7) is 5.78. The second-order valence-corrected chi connectivity index (χ2v) is 10.9. The third-order valence-electron chi connectivity index (χ3n) is 7.40. The average Bonchev–Trinajstić information content (AvgIpc) is 2.89. The van der Waals surface area contributed by atoms with Crippen molar-refractivity contribution in [3.8, 4) is 0 Å². The van der Waals surface area contributed by atoms with Crippen LogP contribution in [0.2, 0.25) is 0 Å². The zero-order valence-corrected chi connectivity index (χ0v) is 23.2. The molecule has 0 spiro atoms. The number of nitrogens with one attached hydrogen (secondary N) is 1. The normalized spacial score (nSPS) is 16.4. The number of rotatable bonds is 9. The smallest absolute Gasteiger partial charge is 0.303 e. The van der Waals surface area contributed by atoms with Crippen molar-refractivity contribution in [3.63, 3.8) is 0 Å². The number of carbonyl (C=O) groups is 2. The summed E-state index contributed by atoms with van der Waals surface area (Å²) < 4.78 is 29.3. The Balaban J connectivity index is 1.68. The van der Waals surface area contributed by atoms with Crippen LogP contribution in [0.15, 0.2) is 40.9 Å². The molecule has 0 aliphatic carbocycles. The topological polar surface area (TPSA) is 82.5 Å². The van der Waals surface area contributed by atoms with Gasteiger partial charge in [-0.1, -0.05) is 29.3 Å². The Hall–Kier alpha value is -3.07. The SMILES string of the molecule is CC[C@H]1CCCN(c2nc3ccc(Br)cc3c(C(=O)NC[C@H](CCC(=O)O)c3cc(F)ccc3F)c2C)C1. The largest absolute Gasteiger partial charge is 0.481 e. The lowest BCUT2D eigenvalue weighted by Crippen LogP contribution is -2.37. The van der Waals surface area contributed by atoms with Gasteiger partial charge in [-0.2, -0.15) is 0 Å². The summed E-state index contributed by atoms with van der Waals surface area (Å²) in [7, 11) is 0. The first-order valence-electron chi connectivity index (χ1n) is 13.0. The molecule has 1 aromatic heterocycles. The Morgan fingerprint density at radius 3 is 2.76 bits per heavy atom. The van der Waals surface area contributed by atoms with E-state index in [4.69, 9.17) is 4.98 Å². The maximum absolute atomic E-state index is 14.6. The molecule has 2 heterocycles. The van der Waals surface area contributed by atoms with Crippen molar-refractivity contribution in [1.82, 2.24) is 10.3 Å². The van der Waals surface area contributed by atoms with E-state index in [1.165, 1.54) is 6.42 Å². The summed E-state index contributed by atoms with van der Waals surface area (Å²) in [5.74, 6) is -2.03. The highest BCUT2D eigenvalue weighted by atomic mass is 79.9. The fourth-order valence-corrected chi connectivity index (χ4v) is 5.67. The number of carboxylic acid groups (broad SMARTS) is 1. The molecule has 1 saturated heterocycles. The van der Waals surface area contributed by atoms with Crippen LogP contribution in [0.1, 0.15) is 66.4 Å². The number of aromatic nitrogens is 1. The third-order valence-corrected chi connectivity index (χ3v) is 7.89. The minimum Gasteiger partial charge on any atom is -0.481 e. The number of fused-ring (bicyclic) bond motifs is 1. The molecule has 0 unspecified atom stereocenters. The lowest BCUT2D eigenvalue weighted by Gasteiger charge is -2.34. The van der Waals surface area contributed by atoms with E-state index >= 15 is 0 Å². The van der Waals surface area contributed by atoms with Crippen LogP contribution in [0.4, 0.5) is 14.6 Å².